The molecule has 3 heterocycles. The van der Waals surface area contributed by atoms with E-state index in [0.29, 0.717) is 35.8 Å². The van der Waals surface area contributed by atoms with E-state index in [1.807, 2.05) is 11.9 Å². The van der Waals surface area contributed by atoms with Crippen molar-refractivity contribution in [3.63, 3.8) is 0 Å². The number of primary amides is 1. The van der Waals surface area contributed by atoms with Crippen molar-refractivity contribution < 1.29 is 23.9 Å². The summed E-state index contributed by atoms with van der Waals surface area (Å²) in [6.45, 7) is 2.41. The summed E-state index contributed by atoms with van der Waals surface area (Å²) in [5.74, 6) is -0.849. The van der Waals surface area contributed by atoms with Gasteiger partial charge < -0.3 is 25.4 Å². The van der Waals surface area contributed by atoms with Gasteiger partial charge in [0, 0.05) is 43.3 Å². The van der Waals surface area contributed by atoms with Crippen molar-refractivity contribution in [2.45, 2.75) is 24.7 Å². The van der Waals surface area contributed by atoms with Gasteiger partial charge in [0.25, 0.3) is 0 Å². The summed E-state index contributed by atoms with van der Waals surface area (Å²) in [6.07, 6.45) is -0.938. The highest BCUT2D eigenvalue weighted by atomic mass is 35.5. The first kappa shape index (κ1) is 19.2. The van der Waals surface area contributed by atoms with Crippen molar-refractivity contribution in [1.29, 1.82) is 0 Å². The summed E-state index contributed by atoms with van der Waals surface area (Å²) >= 11 is 5.74. The van der Waals surface area contributed by atoms with Crippen LogP contribution in [-0.4, -0.2) is 85.0 Å². The second-order valence-electron chi connectivity index (χ2n) is 7.46. The highest BCUT2D eigenvalue weighted by Crippen LogP contribution is 2.59. The smallest absolute Gasteiger partial charge is 0.404 e. The molecule has 1 aliphatic carbocycles. The number of carbonyl (C=O) groups excluding carboxylic acids is 3. The zero-order chi connectivity index (χ0) is 20.4. The molecule has 3 N–H and O–H groups in total. The number of nitrogens with two attached hydrogens (primary N) is 1. The highest BCUT2D eigenvalue weighted by Gasteiger charge is 2.75. The molecule has 0 aromatic heterocycles. The largest absolute Gasteiger partial charge is 0.449 e. The molecule has 0 saturated carbocycles. The van der Waals surface area contributed by atoms with Crippen molar-refractivity contribution in [2.75, 3.05) is 39.7 Å². The fourth-order valence-electron chi connectivity index (χ4n) is 5.10. The minimum absolute atomic E-state index is 0.00951. The third-order valence-electron chi connectivity index (χ3n) is 6.34. The number of nitrogens with zero attached hydrogens (tertiary/aromatic N) is 2. The van der Waals surface area contributed by atoms with Crippen molar-refractivity contribution in [1.82, 2.24) is 15.1 Å². The summed E-state index contributed by atoms with van der Waals surface area (Å²) in [5.41, 5.74) is 5.48. The first-order chi connectivity index (χ1) is 13.3. The third-order valence-corrected chi connectivity index (χ3v) is 6.53. The zero-order valence-corrected chi connectivity index (χ0v) is 16.7. The number of methoxy groups -OCH3 is 1. The average molecular weight is 411 g/mol. The van der Waals surface area contributed by atoms with E-state index in [-0.39, 0.29) is 36.0 Å². The first-order valence-electron chi connectivity index (χ1n) is 9.12. The molecule has 2 saturated heterocycles. The van der Waals surface area contributed by atoms with Crippen LogP contribution in [0.2, 0.25) is 0 Å². The summed E-state index contributed by atoms with van der Waals surface area (Å²) in [6, 6.07) is 0.206. The Morgan fingerprint density at radius 1 is 1.39 bits per heavy atom. The van der Waals surface area contributed by atoms with Crippen LogP contribution in [0.1, 0.15) is 6.92 Å². The van der Waals surface area contributed by atoms with Crippen molar-refractivity contribution in [3.8, 4) is 0 Å². The van der Waals surface area contributed by atoms with E-state index < -0.39 is 17.7 Å². The van der Waals surface area contributed by atoms with Crippen LogP contribution in [0.15, 0.2) is 22.5 Å². The number of likely N-dealkylation sites (N-methyl/N-ethyl adjacent to an activating group) is 1. The fourth-order valence-corrected chi connectivity index (χ4v) is 5.19. The number of ether oxygens (including phenoxy) is 2. The molecule has 0 spiro atoms. The average Bonchev–Trinajstić information content (AvgIpc) is 3.04. The highest BCUT2D eigenvalue weighted by molar-refractivity contribution is 6.25. The Kier molecular flexibility index (Phi) is 4.44. The Bertz CT molecular complexity index is 840. The van der Waals surface area contributed by atoms with Crippen LogP contribution in [0.25, 0.3) is 0 Å². The third kappa shape index (κ3) is 2.29. The number of nitrogens with one attached hydrogen (secondary N) is 1. The standard InChI is InChI=1S/C18H23ClN4O5/c1-8-12(21-5-4-19)15(25)11-9(7-28-17(20)26)18(27-3)16-10(22(16)2)6-23(18)13(11)14(8)24/h9-10,16,21H,4-7H2,1-3H3,(H2,20,26)/t9-,10+,16+,18?,22?/m0/s1. The molecule has 1 amide bonds. The van der Waals surface area contributed by atoms with Gasteiger partial charge in [-0.25, -0.2) is 4.79 Å². The van der Waals surface area contributed by atoms with Gasteiger partial charge in [0.15, 0.2) is 5.72 Å². The minimum Gasteiger partial charge on any atom is -0.449 e. The molecule has 4 rings (SSSR count). The Balaban J connectivity index is 1.80. The number of Topliss-reactive ketones (excluding diaryl/α,β-unsaturated/α-hetero) is 2. The summed E-state index contributed by atoms with van der Waals surface area (Å²) in [7, 11) is 3.52. The van der Waals surface area contributed by atoms with Gasteiger partial charge in [0.2, 0.25) is 11.6 Å². The van der Waals surface area contributed by atoms with E-state index >= 15 is 0 Å². The first-order valence-corrected chi connectivity index (χ1v) is 9.65. The van der Waals surface area contributed by atoms with Crippen LogP contribution in [0.5, 0.6) is 0 Å². The number of ketones is 2. The van der Waals surface area contributed by atoms with Gasteiger partial charge >= 0.3 is 6.09 Å². The second kappa shape index (κ2) is 6.47. The maximum atomic E-state index is 13.4. The molecule has 4 aliphatic rings. The van der Waals surface area contributed by atoms with Crippen LogP contribution < -0.4 is 11.1 Å². The quantitative estimate of drug-likeness (QED) is 0.344. The van der Waals surface area contributed by atoms with Gasteiger partial charge in [0.1, 0.15) is 6.61 Å². The van der Waals surface area contributed by atoms with E-state index in [1.165, 1.54) is 0 Å². The van der Waals surface area contributed by atoms with Crippen LogP contribution >= 0.6 is 11.6 Å². The molecule has 152 valence electrons. The number of halogens is 1. The SMILES string of the molecule is COC12[C@@H](COC(N)=O)C3=C(C(=O)C(C)=C(NCCCl)C3=O)N1C[C@@H]1[C@H]2N1C. The van der Waals surface area contributed by atoms with Crippen LogP contribution in [0.4, 0.5) is 4.79 Å². The molecule has 5 atom stereocenters. The van der Waals surface area contributed by atoms with Crippen molar-refractivity contribution >= 4 is 29.3 Å². The van der Waals surface area contributed by atoms with E-state index in [4.69, 9.17) is 26.8 Å². The van der Waals surface area contributed by atoms with Crippen LogP contribution in [-0.2, 0) is 19.1 Å². The zero-order valence-electron chi connectivity index (χ0n) is 16.0. The molecule has 0 radical (unpaired) electrons. The van der Waals surface area contributed by atoms with Gasteiger partial charge in [0.05, 0.1) is 23.4 Å². The van der Waals surface area contributed by atoms with E-state index in [1.54, 1.807) is 14.0 Å². The predicted molar refractivity (Wildman–Crippen MR) is 99.3 cm³/mol. The van der Waals surface area contributed by atoms with Crippen molar-refractivity contribution in [3.05, 3.63) is 22.5 Å². The van der Waals surface area contributed by atoms with Gasteiger partial charge in [-0.1, -0.05) is 0 Å². The topological polar surface area (TPSA) is 114 Å². The molecular weight excluding hydrogens is 388 g/mol. The van der Waals surface area contributed by atoms with E-state index in [0.717, 1.165) is 0 Å². The van der Waals surface area contributed by atoms with Crippen LogP contribution in [0, 0.1) is 5.92 Å². The Hall–Kier alpha value is -2.10. The number of hydrogen-bond donors (Lipinski definition) is 2. The molecule has 3 aliphatic heterocycles. The molecule has 2 unspecified atom stereocenters. The lowest BCUT2D eigenvalue weighted by molar-refractivity contribution is -0.144. The monoisotopic (exact) mass is 410 g/mol. The van der Waals surface area contributed by atoms with Gasteiger partial charge in [-0.3, -0.25) is 14.5 Å². The Morgan fingerprint density at radius 2 is 2.11 bits per heavy atom. The Morgan fingerprint density at radius 3 is 2.71 bits per heavy atom. The lowest BCUT2D eigenvalue weighted by atomic mass is 9.82. The molecule has 9 nitrogen and oxygen atoms in total. The molecule has 0 aromatic carbocycles. The minimum atomic E-state index is -0.951. The number of alkyl halides is 1. The van der Waals surface area contributed by atoms with E-state index in [2.05, 4.69) is 10.2 Å². The molecule has 28 heavy (non-hydrogen) atoms. The summed E-state index contributed by atoms with van der Waals surface area (Å²) < 4.78 is 11.1. The maximum Gasteiger partial charge on any atom is 0.404 e. The number of carbonyl (C=O) groups is 3. The number of allylic oxidation sites excluding steroid dienone is 2. The van der Waals surface area contributed by atoms with Gasteiger partial charge in [-0.05, 0) is 14.0 Å². The predicted octanol–water partition coefficient (Wildman–Crippen LogP) is -0.439. The molecule has 0 aromatic rings. The van der Waals surface area contributed by atoms with Gasteiger partial charge in [-0.2, -0.15) is 0 Å². The van der Waals surface area contributed by atoms with E-state index in [9.17, 15) is 14.4 Å². The number of amides is 1. The Labute approximate surface area is 167 Å². The maximum absolute atomic E-state index is 13.4. The molecule has 0 bridgehead atoms. The number of hydrogen-bond acceptors (Lipinski definition) is 8. The second-order valence-corrected chi connectivity index (χ2v) is 7.84. The molecular formula is C18H23ClN4O5. The molecule has 10 heteroatoms. The lowest BCUT2D eigenvalue weighted by Gasteiger charge is -2.40. The van der Waals surface area contributed by atoms with Crippen molar-refractivity contribution in [2.24, 2.45) is 11.7 Å². The number of piperazine rings is 1. The number of rotatable bonds is 6. The summed E-state index contributed by atoms with van der Waals surface area (Å²) in [5, 5.41) is 2.97. The van der Waals surface area contributed by atoms with Gasteiger partial charge in [-0.15, -0.1) is 11.6 Å². The lowest BCUT2D eigenvalue weighted by Crippen LogP contribution is -2.55. The number of fused-ring (bicyclic) bond motifs is 4. The fraction of sp³-hybridized carbons (Fsp3) is 0.611. The normalized spacial score (nSPS) is 35.8. The molecule has 2 fully saturated rings. The summed E-state index contributed by atoms with van der Waals surface area (Å²) in [4.78, 5) is 41.9. The van der Waals surface area contributed by atoms with Crippen LogP contribution in [0.3, 0.4) is 0 Å².